The number of hydrogen-bond donors (Lipinski definition) is 0. The van der Waals surface area contributed by atoms with Crippen LogP contribution in [0.3, 0.4) is 0 Å². The lowest BCUT2D eigenvalue weighted by Crippen LogP contribution is -2.33. The van der Waals surface area contributed by atoms with Gasteiger partial charge in [0.2, 0.25) is 0 Å². The van der Waals surface area contributed by atoms with E-state index in [1.807, 2.05) is 11.7 Å². The molecule has 0 amide bonds. The van der Waals surface area contributed by atoms with Gasteiger partial charge in [0, 0.05) is 18.3 Å². The van der Waals surface area contributed by atoms with Crippen molar-refractivity contribution >= 4 is 22.5 Å². The molecular formula is C14H17ClN2. The topological polar surface area (TPSA) is 17.8 Å². The van der Waals surface area contributed by atoms with E-state index in [9.17, 15) is 0 Å². The van der Waals surface area contributed by atoms with Gasteiger partial charge in [0.1, 0.15) is 0 Å². The zero-order valence-corrected chi connectivity index (χ0v) is 10.9. The fourth-order valence-electron chi connectivity index (χ4n) is 2.81. The number of rotatable bonds is 3. The highest BCUT2D eigenvalue weighted by atomic mass is 35.5. The first-order chi connectivity index (χ1) is 8.24. The minimum absolute atomic E-state index is 0.318. The highest BCUT2D eigenvalue weighted by molar-refractivity contribution is 6.18. The first-order valence-electron chi connectivity index (χ1n) is 6.21. The summed E-state index contributed by atoms with van der Waals surface area (Å²) in [7, 11) is 2.01. The Balaban J connectivity index is 2.00. The molecule has 0 bridgehead atoms. The molecule has 0 spiro atoms. The molecule has 0 aliphatic heterocycles. The number of para-hydroxylation sites is 1. The zero-order valence-electron chi connectivity index (χ0n) is 10.1. The zero-order chi connectivity index (χ0) is 11.9. The van der Waals surface area contributed by atoms with Crippen molar-refractivity contribution in [2.24, 2.45) is 12.5 Å². The molecule has 0 unspecified atom stereocenters. The van der Waals surface area contributed by atoms with Crippen molar-refractivity contribution in [2.75, 3.05) is 5.88 Å². The molecule has 1 aliphatic carbocycles. The molecule has 1 aliphatic rings. The molecule has 90 valence electrons. The molecule has 3 heteroatoms. The number of alkyl halides is 1. The third-order valence-electron chi connectivity index (χ3n) is 4.07. The average Bonchev–Trinajstić information content (AvgIpc) is 2.62. The highest BCUT2D eigenvalue weighted by Gasteiger charge is 2.37. The summed E-state index contributed by atoms with van der Waals surface area (Å²) in [5.74, 6) is 0.762. The van der Waals surface area contributed by atoms with Crippen LogP contribution in [0, 0.1) is 5.41 Å². The summed E-state index contributed by atoms with van der Waals surface area (Å²) in [6, 6.07) is 8.44. The number of hydrogen-bond acceptors (Lipinski definition) is 1. The van der Waals surface area contributed by atoms with Crippen molar-refractivity contribution in [2.45, 2.75) is 25.7 Å². The lowest BCUT2D eigenvalue weighted by molar-refractivity contribution is 0.164. The SMILES string of the molecule is Cn1nc(CC2(CCl)CCC2)c2ccccc21. The predicted octanol–water partition coefficient (Wildman–Crippen LogP) is 3.52. The Morgan fingerprint density at radius 2 is 2.12 bits per heavy atom. The molecule has 2 aromatic rings. The van der Waals surface area contributed by atoms with E-state index < -0.39 is 0 Å². The molecule has 1 fully saturated rings. The molecule has 0 atom stereocenters. The first-order valence-corrected chi connectivity index (χ1v) is 6.74. The normalized spacial score (nSPS) is 18.2. The Labute approximate surface area is 107 Å². The summed E-state index contributed by atoms with van der Waals surface area (Å²) in [5.41, 5.74) is 2.74. The van der Waals surface area contributed by atoms with Crippen molar-refractivity contribution < 1.29 is 0 Å². The average molecular weight is 249 g/mol. The second-order valence-electron chi connectivity index (χ2n) is 5.25. The van der Waals surface area contributed by atoms with Gasteiger partial charge in [-0.2, -0.15) is 5.10 Å². The lowest BCUT2D eigenvalue weighted by Gasteiger charge is -2.40. The molecule has 2 nitrogen and oxygen atoms in total. The standard InChI is InChI=1S/C14H17ClN2/c1-17-13-6-3-2-5-11(13)12(16-17)9-14(10-15)7-4-8-14/h2-3,5-6H,4,7-10H2,1H3. The van der Waals surface area contributed by atoms with Crippen molar-refractivity contribution in [1.82, 2.24) is 9.78 Å². The van der Waals surface area contributed by atoms with Crippen molar-refractivity contribution in [3.8, 4) is 0 Å². The number of nitrogens with zero attached hydrogens (tertiary/aromatic N) is 2. The molecule has 0 radical (unpaired) electrons. The van der Waals surface area contributed by atoms with Gasteiger partial charge in [-0.1, -0.05) is 24.6 Å². The fraction of sp³-hybridized carbons (Fsp3) is 0.500. The van der Waals surface area contributed by atoms with Crippen molar-refractivity contribution in [1.29, 1.82) is 0 Å². The van der Waals surface area contributed by atoms with Crippen LogP contribution in [0.4, 0.5) is 0 Å². The van der Waals surface area contributed by atoms with Gasteiger partial charge in [0.15, 0.2) is 0 Å². The number of aryl methyl sites for hydroxylation is 1. The van der Waals surface area contributed by atoms with Gasteiger partial charge in [-0.15, -0.1) is 11.6 Å². The number of benzene rings is 1. The summed E-state index contributed by atoms with van der Waals surface area (Å²) in [5, 5.41) is 5.95. The second kappa shape index (κ2) is 4.02. The van der Waals surface area contributed by atoms with Gasteiger partial charge in [-0.05, 0) is 30.7 Å². The van der Waals surface area contributed by atoms with Gasteiger partial charge < -0.3 is 0 Å². The Bertz CT molecular complexity index is 535. The van der Waals surface area contributed by atoms with E-state index in [1.54, 1.807) is 0 Å². The maximum Gasteiger partial charge on any atom is 0.0709 e. The van der Waals surface area contributed by atoms with Gasteiger partial charge in [-0.3, -0.25) is 4.68 Å². The molecule has 1 heterocycles. The Morgan fingerprint density at radius 3 is 2.76 bits per heavy atom. The second-order valence-corrected chi connectivity index (χ2v) is 5.52. The molecule has 0 saturated heterocycles. The van der Waals surface area contributed by atoms with E-state index in [0.29, 0.717) is 5.41 Å². The molecule has 0 N–H and O–H groups in total. The maximum absolute atomic E-state index is 6.13. The maximum atomic E-state index is 6.13. The fourth-order valence-corrected chi connectivity index (χ4v) is 3.17. The number of halogens is 1. The van der Waals surface area contributed by atoms with Gasteiger partial charge in [0.25, 0.3) is 0 Å². The van der Waals surface area contributed by atoms with Crippen LogP contribution in [0.5, 0.6) is 0 Å². The Kier molecular flexibility index (Phi) is 2.62. The van der Waals surface area contributed by atoms with E-state index in [4.69, 9.17) is 11.6 Å². The molecule has 1 aromatic heterocycles. The summed E-state index contributed by atoms with van der Waals surface area (Å²) in [6.45, 7) is 0. The van der Waals surface area contributed by atoms with Crippen LogP contribution in [0.25, 0.3) is 10.9 Å². The van der Waals surface area contributed by atoms with Crippen LogP contribution in [-0.2, 0) is 13.5 Å². The van der Waals surface area contributed by atoms with Crippen molar-refractivity contribution in [3.63, 3.8) is 0 Å². The summed E-state index contributed by atoms with van der Waals surface area (Å²) < 4.78 is 1.98. The summed E-state index contributed by atoms with van der Waals surface area (Å²) in [6.07, 6.45) is 4.85. The van der Waals surface area contributed by atoms with Gasteiger partial charge in [0.05, 0.1) is 11.2 Å². The first kappa shape index (κ1) is 11.1. The summed E-state index contributed by atoms with van der Waals surface area (Å²) in [4.78, 5) is 0. The monoisotopic (exact) mass is 248 g/mol. The Morgan fingerprint density at radius 1 is 1.35 bits per heavy atom. The van der Waals surface area contributed by atoms with Crippen LogP contribution in [0.2, 0.25) is 0 Å². The van der Waals surface area contributed by atoms with E-state index in [2.05, 4.69) is 29.4 Å². The molecule has 1 saturated carbocycles. The van der Waals surface area contributed by atoms with Crippen LogP contribution in [0.1, 0.15) is 25.0 Å². The van der Waals surface area contributed by atoms with Gasteiger partial charge in [-0.25, -0.2) is 0 Å². The van der Waals surface area contributed by atoms with Crippen LogP contribution < -0.4 is 0 Å². The molecule has 1 aromatic carbocycles. The predicted molar refractivity (Wildman–Crippen MR) is 71.4 cm³/mol. The van der Waals surface area contributed by atoms with Crippen molar-refractivity contribution in [3.05, 3.63) is 30.0 Å². The highest BCUT2D eigenvalue weighted by Crippen LogP contribution is 2.45. The molecular weight excluding hydrogens is 232 g/mol. The van der Waals surface area contributed by atoms with Crippen LogP contribution in [0.15, 0.2) is 24.3 Å². The van der Waals surface area contributed by atoms with Crippen LogP contribution >= 0.6 is 11.6 Å². The number of fused-ring (bicyclic) bond motifs is 1. The molecule has 17 heavy (non-hydrogen) atoms. The quantitative estimate of drug-likeness (QED) is 0.760. The minimum Gasteiger partial charge on any atom is -0.268 e. The van der Waals surface area contributed by atoms with E-state index in [0.717, 1.165) is 12.3 Å². The summed E-state index contributed by atoms with van der Waals surface area (Å²) >= 11 is 6.13. The van der Waals surface area contributed by atoms with E-state index >= 15 is 0 Å². The third-order valence-corrected chi connectivity index (χ3v) is 4.64. The number of aromatic nitrogens is 2. The minimum atomic E-state index is 0.318. The Hall–Kier alpha value is -1.02. The van der Waals surface area contributed by atoms with Gasteiger partial charge >= 0.3 is 0 Å². The van der Waals surface area contributed by atoms with E-state index in [1.165, 1.54) is 35.9 Å². The smallest absolute Gasteiger partial charge is 0.0709 e. The largest absolute Gasteiger partial charge is 0.268 e. The molecule has 3 rings (SSSR count). The van der Waals surface area contributed by atoms with Crippen LogP contribution in [-0.4, -0.2) is 15.7 Å². The van der Waals surface area contributed by atoms with E-state index in [-0.39, 0.29) is 0 Å². The third kappa shape index (κ3) is 1.75. The lowest BCUT2D eigenvalue weighted by atomic mass is 9.67.